The summed E-state index contributed by atoms with van der Waals surface area (Å²) < 4.78 is 14.0. The van der Waals surface area contributed by atoms with E-state index in [1.165, 1.54) is 28.3 Å². The maximum absolute atomic E-state index is 14.0. The lowest BCUT2D eigenvalue weighted by atomic mass is 9.90. The highest BCUT2D eigenvalue weighted by Crippen LogP contribution is 2.27. The number of rotatable bonds is 4. The molecule has 1 atom stereocenters. The quantitative estimate of drug-likeness (QED) is 0.846. The van der Waals surface area contributed by atoms with Crippen LogP contribution in [0.3, 0.4) is 0 Å². The second kappa shape index (κ2) is 6.59. The first-order chi connectivity index (χ1) is 9.92. The van der Waals surface area contributed by atoms with E-state index in [0.717, 1.165) is 0 Å². The Morgan fingerprint density at radius 2 is 1.71 bits per heavy atom. The molecule has 1 nitrogen and oxygen atoms in total. The molecule has 0 fully saturated rings. The van der Waals surface area contributed by atoms with Crippen molar-refractivity contribution in [1.29, 1.82) is 0 Å². The third-order valence-corrected chi connectivity index (χ3v) is 4.11. The van der Waals surface area contributed by atoms with Gasteiger partial charge in [0.15, 0.2) is 0 Å². The molecule has 0 heterocycles. The fourth-order valence-electron chi connectivity index (χ4n) is 3.00. The third kappa shape index (κ3) is 3.63. The van der Waals surface area contributed by atoms with E-state index in [-0.39, 0.29) is 11.9 Å². The Balaban J connectivity index is 2.37. The molecule has 3 heteroatoms. The van der Waals surface area contributed by atoms with Crippen LogP contribution in [-0.2, 0) is 6.42 Å². The van der Waals surface area contributed by atoms with Crippen molar-refractivity contribution in [3.05, 3.63) is 69.0 Å². The summed E-state index contributed by atoms with van der Waals surface area (Å²) in [5, 5.41) is 3.74. The van der Waals surface area contributed by atoms with Crippen LogP contribution in [-0.4, -0.2) is 7.05 Å². The van der Waals surface area contributed by atoms with Gasteiger partial charge in [0.25, 0.3) is 0 Å². The Morgan fingerprint density at radius 1 is 1.10 bits per heavy atom. The molecule has 0 aliphatic rings. The number of halogens is 2. The van der Waals surface area contributed by atoms with Gasteiger partial charge in [-0.15, -0.1) is 0 Å². The zero-order chi connectivity index (χ0) is 15.6. The van der Waals surface area contributed by atoms with E-state index < -0.39 is 0 Å². The molecule has 2 rings (SSSR count). The van der Waals surface area contributed by atoms with Gasteiger partial charge in [-0.3, -0.25) is 0 Å². The van der Waals surface area contributed by atoms with Crippen molar-refractivity contribution in [3.63, 3.8) is 0 Å². The molecule has 2 aromatic carbocycles. The smallest absolute Gasteiger partial charge is 0.127 e. The van der Waals surface area contributed by atoms with Crippen molar-refractivity contribution in [1.82, 2.24) is 5.32 Å². The number of likely N-dealkylation sites (N-methyl/N-ethyl adjacent to an activating group) is 1. The van der Waals surface area contributed by atoms with Crippen LogP contribution in [0.2, 0.25) is 5.02 Å². The second-order valence-electron chi connectivity index (χ2n) is 5.59. The molecule has 0 spiro atoms. The lowest BCUT2D eigenvalue weighted by Crippen LogP contribution is -2.21. The molecule has 21 heavy (non-hydrogen) atoms. The highest BCUT2D eigenvalue weighted by atomic mass is 35.5. The minimum absolute atomic E-state index is 0.0845. The van der Waals surface area contributed by atoms with E-state index in [0.29, 0.717) is 17.0 Å². The molecule has 0 aromatic heterocycles. The molecule has 0 radical (unpaired) electrons. The van der Waals surface area contributed by atoms with Gasteiger partial charge in [-0.25, -0.2) is 4.39 Å². The van der Waals surface area contributed by atoms with Crippen LogP contribution in [0.5, 0.6) is 0 Å². The van der Waals surface area contributed by atoms with Crippen LogP contribution in [0.15, 0.2) is 30.3 Å². The van der Waals surface area contributed by atoms with Crippen molar-refractivity contribution in [3.8, 4) is 0 Å². The topological polar surface area (TPSA) is 12.0 Å². The third-order valence-electron chi connectivity index (χ3n) is 3.87. The average molecular weight is 306 g/mol. The summed E-state index contributed by atoms with van der Waals surface area (Å²) >= 11 is 5.82. The summed E-state index contributed by atoms with van der Waals surface area (Å²) in [6, 6.07) is 9.30. The predicted octanol–water partition coefficient (Wildman–Crippen LogP) is 4.91. The minimum atomic E-state index is -0.245. The second-order valence-corrected chi connectivity index (χ2v) is 6.03. The molecule has 0 saturated heterocycles. The Bertz CT molecular complexity index is 629. The normalized spacial score (nSPS) is 12.5. The lowest BCUT2D eigenvalue weighted by molar-refractivity contribution is 0.551. The largest absolute Gasteiger partial charge is 0.313 e. The molecule has 1 N–H and O–H groups in total. The summed E-state index contributed by atoms with van der Waals surface area (Å²) in [5.41, 5.74) is 5.65. The van der Waals surface area contributed by atoms with E-state index in [1.807, 2.05) is 7.05 Å². The molecular formula is C18H21ClFN. The summed E-state index contributed by atoms with van der Waals surface area (Å²) in [4.78, 5) is 0. The van der Waals surface area contributed by atoms with E-state index in [9.17, 15) is 4.39 Å². The van der Waals surface area contributed by atoms with Gasteiger partial charge in [0, 0.05) is 11.1 Å². The zero-order valence-electron chi connectivity index (χ0n) is 12.9. The number of nitrogens with one attached hydrogen (secondary N) is 1. The first-order valence-electron chi connectivity index (χ1n) is 7.11. The molecule has 1 unspecified atom stereocenters. The monoisotopic (exact) mass is 305 g/mol. The van der Waals surface area contributed by atoms with Crippen molar-refractivity contribution < 1.29 is 4.39 Å². The standard InChI is InChI=1S/C18H21ClFN/c1-11-7-12(2)18(13(3)8-11)17(21-4)9-14-5-6-15(19)10-16(14)20/h5-8,10,17,21H,9H2,1-4H3. The van der Waals surface area contributed by atoms with Crippen molar-refractivity contribution in [2.45, 2.75) is 33.2 Å². The van der Waals surface area contributed by atoms with Crippen molar-refractivity contribution in [2.75, 3.05) is 7.05 Å². The van der Waals surface area contributed by atoms with Gasteiger partial charge in [-0.2, -0.15) is 0 Å². The maximum atomic E-state index is 14.0. The fraction of sp³-hybridized carbons (Fsp3) is 0.333. The van der Waals surface area contributed by atoms with Gasteiger partial charge in [0.05, 0.1) is 0 Å². The Labute approximate surface area is 131 Å². The van der Waals surface area contributed by atoms with Crippen LogP contribution < -0.4 is 5.32 Å². The van der Waals surface area contributed by atoms with Crippen LogP contribution >= 0.6 is 11.6 Å². The molecule has 0 aliphatic carbocycles. The maximum Gasteiger partial charge on any atom is 0.127 e. The Hall–Kier alpha value is -1.38. The van der Waals surface area contributed by atoms with Gasteiger partial charge in [-0.1, -0.05) is 35.4 Å². The lowest BCUT2D eigenvalue weighted by Gasteiger charge is -2.22. The number of benzene rings is 2. The van der Waals surface area contributed by atoms with Gasteiger partial charge in [-0.05, 0) is 68.6 Å². The Kier molecular flexibility index (Phi) is 5.02. The van der Waals surface area contributed by atoms with Crippen molar-refractivity contribution in [2.24, 2.45) is 0 Å². The van der Waals surface area contributed by atoms with Crippen LogP contribution in [0.4, 0.5) is 4.39 Å². The first-order valence-corrected chi connectivity index (χ1v) is 7.49. The number of hydrogen-bond acceptors (Lipinski definition) is 1. The molecule has 0 amide bonds. The SMILES string of the molecule is CNC(Cc1ccc(Cl)cc1F)c1c(C)cc(C)cc1C. The summed E-state index contributed by atoms with van der Waals surface area (Å²) in [7, 11) is 1.91. The average Bonchev–Trinajstić information content (AvgIpc) is 2.39. The highest BCUT2D eigenvalue weighted by molar-refractivity contribution is 6.30. The van der Waals surface area contributed by atoms with E-state index in [2.05, 4.69) is 38.2 Å². The molecule has 112 valence electrons. The summed E-state index contributed by atoms with van der Waals surface area (Å²) in [5.74, 6) is -0.245. The van der Waals surface area contributed by atoms with Crippen LogP contribution in [0.1, 0.15) is 33.9 Å². The highest BCUT2D eigenvalue weighted by Gasteiger charge is 2.17. The van der Waals surface area contributed by atoms with E-state index >= 15 is 0 Å². The minimum Gasteiger partial charge on any atom is -0.313 e. The van der Waals surface area contributed by atoms with Gasteiger partial charge < -0.3 is 5.32 Å². The number of hydrogen-bond donors (Lipinski definition) is 1. The first kappa shape index (κ1) is 16.0. The van der Waals surface area contributed by atoms with Crippen molar-refractivity contribution >= 4 is 11.6 Å². The fourth-order valence-corrected chi connectivity index (χ4v) is 3.16. The molecule has 0 bridgehead atoms. The Morgan fingerprint density at radius 3 is 2.24 bits per heavy atom. The zero-order valence-corrected chi connectivity index (χ0v) is 13.7. The molecule has 0 aliphatic heterocycles. The van der Waals surface area contributed by atoms with Gasteiger partial charge in [0.1, 0.15) is 5.82 Å². The summed E-state index contributed by atoms with van der Waals surface area (Å²) in [6.45, 7) is 6.31. The molecule has 0 saturated carbocycles. The van der Waals surface area contributed by atoms with E-state index in [4.69, 9.17) is 11.6 Å². The van der Waals surface area contributed by atoms with Gasteiger partial charge >= 0.3 is 0 Å². The van der Waals surface area contributed by atoms with Gasteiger partial charge in [0.2, 0.25) is 0 Å². The molecular weight excluding hydrogens is 285 g/mol. The van der Waals surface area contributed by atoms with Crippen LogP contribution in [0.25, 0.3) is 0 Å². The number of aryl methyl sites for hydroxylation is 3. The predicted molar refractivity (Wildman–Crippen MR) is 87.6 cm³/mol. The van der Waals surface area contributed by atoms with E-state index in [1.54, 1.807) is 12.1 Å². The summed E-state index contributed by atoms with van der Waals surface area (Å²) in [6.07, 6.45) is 0.601. The molecule has 2 aromatic rings. The van der Waals surface area contributed by atoms with Crippen LogP contribution in [0, 0.1) is 26.6 Å².